The highest BCUT2D eigenvalue weighted by molar-refractivity contribution is 7.20. The molecule has 252 valence electrons. The number of rotatable bonds is 6. The average Bonchev–Trinajstić information content (AvgIpc) is 3.73. The van der Waals surface area contributed by atoms with Gasteiger partial charge in [-0.2, -0.15) is 0 Å². The van der Waals surface area contributed by atoms with Gasteiger partial charge in [-0.15, -0.1) is 11.3 Å². The number of para-hydroxylation sites is 1. The summed E-state index contributed by atoms with van der Waals surface area (Å²) in [5.74, 6) is 0.727. The first-order valence-corrected chi connectivity index (χ1v) is 18.5. The Balaban J connectivity index is 1.34. The Hall–Kier alpha value is -5.32. The summed E-state index contributed by atoms with van der Waals surface area (Å²) < 4.78 is 3.67. The first kappa shape index (κ1) is 32.9. The Morgan fingerprint density at radius 3 is 2.25 bits per heavy atom. The van der Waals surface area contributed by atoms with Crippen molar-refractivity contribution in [3.63, 3.8) is 0 Å². The molecule has 0 radical (unpaired) electrons. The van der Waals surface area contributed by atoms with E-state index < -0.39 is 0 Å². The van der Waals surface area contributed by atoms with Crippen LogP contribution in [0.15, 0.2) is 104 Å². The lowest BCUT2D eigenvalue weighted by atomic mass is 9.73. The average molecular weight is 682 g/mol. The molecule has 0 amide bonds. The fourth-order valence-corrected chi connectivity index (χ4v) is 9.89. The standard InChI is InChI=1S/C47H43N3S/c1-11-30-40(14-4)51-44-31(12-2)42-35(13-3)46(7,8)37(28(6)50(42)43(30)44)25-27(5)45-48-39-22-18-16-20-34(39)41(49-45)29-23-24-33-32-19-15-17-21-36(32)47(9,10)38(33)26-29/h11-26H,1,3-4H2,2,5-10H3/b27-25+,31-12+. The van der Waals surface area contributed by atoms with Crippen LogP contribution in [-0.4, -0.2) is 14.5 Å². The second kappa shape index (κ2) is 11.6. The van der Waals surface area contributed by atoms with Crippen LogP contribution in [0.5, 0.6) is 0 Å². The third kappa shape index (κ3) is 4.55. The van der Waals surface area contributed by atoms with Crippen LogP contribution in [0.25, 0.3) is 78.6 Å². The summed E-state index contributed by atoms with van der Waals surface area (Å²) in [6, 6.07) is 24.0. The number of aromatic nitrogens is 3. The number of hydrogen-bond acceptors (Lipinski definition) is 3. The molecule has 3 nitrogen and oxygen atoms in total. The monoisotopic (exact) mass is 681 g/mol. The third-order valence-corrected chi connectivity index (χ3v) is 12.5. The number of benzene rings is 3. The number of hydrogen-bond donors (Lipinski definition) is 0. The highest BCUT2D eigenvalue weighted by Crippen LogP contribution is 2.50. The maximum Gasteiger partial charge on any atom is 0.156 e. The van der Waals surface area contributed by atoms with Crippen molar-refractivity contribution in [2.45, 2.75) is 53.9 Å². The Bertz CT molecular complexity index is 2720. The number of fused-ring (bicyclic) bond motifs is 7. The minimum absolute atomic E-state index is 0.0994. The van der Waals surface area contributed by atoms with E-state index in [0.717, 1.165) is 44.0 Å². The Kier molecular flexibility index (Phi) is 7.48. The zero-order valence-corrected chi connectivity index (χ0v) is 31.4. The minimum atomic E-state index is -0.322. The summed E-state index contributed by atoms with van der Waals surface area (Å²) in [6.45, 7) is 28.4. The molecule has 0 saturated carbocycles. The number of nitrogens with zero attached hydrogens (tertiary/aromatic N) is 3. The fourth-order valence-electron chi connectivity index (χ4n) is 8.67. The molecule has 1 aliphatic carbocycles. The van der Waals surface area contributed by atoms with Crippen molar-refractivity contribution in [3.8, 4) is 22.4 Å². The van der Waals surface area contributed by atoms with E-state index in [9.17, 15) is 0 Å². The zero-order chi connectivity index (χ0) is 36.0. The molecule has 3 aromatic carbocycles. The normalized spacial score (nSPS) is 16.4. The van der Waals surface area contributed by atoms with Crippen LogP contribution < -0.4 is 10.6 Å². The van der Waals surface area contributed by atoms with Crippen LogP contribution in [0, 0.1) is 5.41 Å². The van der Waals surface area contributed by atoms with Gasteiger partial charge in [-0.05, 0) is 78.0 Å². The van der Waals surface area contributed by atoms with Gasteiger partial charge in [0.25, 0.3) is 0 Å². The first-order valence-electron chi connectivity index (χ1n) is 17.7. The van der Waals surface area contributed by atoms with E-state index in [0.29, 0.717) is 0 Å². The molecule has 0 unspecified atom stereocenters. The molecule has 1 aliphatic heterocycles. The molecule has 8 rings (SSSR count). The lowest BCUT2D eigenvalue weighted by molar-refractivity contribution is 0.602. The van der Waals surface area contributed by atoms with Gasteiger partial charge in [0.15, 0.2) is 5.82 Å². The number of allylic oxidation sites excluding steroid dienone is 5. The number of thiophene rings is 1. The predicted molar refractivity (Wildman–Crippen MR) is 222 cm³/mol. The Morgan fingerprint density at radius 2 is 1.53 bits per heavy atom. The van der Waals surface area contributed by atoms with Crippen LogP contribution in [0.2, 0.25) is 0 Å². The van der Waals surface area contributed by atoms with Crippen LogP contribution >= 0.6 is 11.3 Å². The van der Waals surface area contributed by atoms with Gasteiger partial charge in [0.1, 0.15) is 0 Å². The van der Waals surface area contributed by atoms with E-state index in [1.54, 1.807) is 11.3 Å². The zero-order valence-electron chi connectivity index (χ0n) is 30.6. The molecule has 2 aliphatic rings. The van der Waals surface area contributed by atoms with Crippen molar-refractivity contribution in [2.75, 3.05) is 0 Å². The van der Waals surface area contributed by atoms with Gasteiger partial charge >= 0.3 is 0 Å². The summed E-state index contributed by atoms with van der Waals surface area (Å²) in [5.41, 5.74) is 14.8. The quantitative estimate of drug-likeness (QED) is 0.175. The Labute approximate surface area is 304 Å². The van der Waals surface area contributed by atoms with Crippen LogP contribution in [0.3, 0.4) is 0 Å². The smallest absolute Gasteiger partial charge is 0.156 e. The van der Waals surface area contributed by atoms with E-state index in [1.807, 2.05) is 18.2 Å². The van der Waals surface area contributed by atoms with Crippen molar-refractivity contribution in [1.82, 2.24) is 14.5 Å². The molecule has 4 heteroatoms. The van der Waals surface area contributed by atoms with Crippen molar-refractivity contribution < 1.29 is 0 Å². The third-order valence-electron chi connectivity index (χ3n) is 11.3. The van der Waals surface area contributed by atoms with Crippen LogP contribution in [-0.2, 0) is 5.41 Å². The molecule has 51 heavy (non-hydrogen) atoms. The Morgan fingerprint density at radius 1 is 0.804 bits per heavy atom. The molecule has 3 aromatic heterocycles. The molecular weight excluding hydrogens is 639 g/mol. The van der Waals surface area contributed by atoms with Crippen molar-refractivity contribution in [2.24, 2.45) is 5.41 Å². The summed E-state index contributed by atoms with van der Waals surface area (Å²) in [7, 11) is 0. The molecule has 0 spiro atoms. The fraction of sp³-hybridized carbons (Fsp3) is 0.191. The molecule has 0 N–H and O–H groups in total. The predicted octanol–water partition coefficient (Wildman–Crippen LogP) is 11.4. The maximum absolute atomic E-state index is 5.36. The van der Waals surface area contributed by atoms with E-state index in [4.69, 9.17) is 9.97 Å². The van der Waals surface area contributed by atoms with Gasteiger partial charge in [0.2, 0.25) is 0 Å². The van der Waals surface area contributed by atoms with E-state index in [2.05, 4.69) is 152 Å². The van der Waals surface area contributed by atoms with Crippen LogP contribution in [0.4, 0.5) is 0 Å². The maximum atomic E-state index is 5.36. The van der Waals surface area contributed by atoms with E-state index >= 15 is 0 Å². The summed E-state index contributed by atoms with van der Waals surface area (Å²) in [4.78, 5) is 11.7. The SMILES string of the molecule is C=CC1=c2/c(=C\C)c3sc(C=C)c(C=C)c3n2C(C)=C(/C=C(\C)c2nc(-c3ccc4c(c3)C(C)(C)c3ccccc3-4)c3ccccc3n2)C1(C)C. The highest BCUT2D eigenvalue weighted by atomic mass is 32.1. The molecule has 0 fully saturated rings. The van der Waals surface area contributed by atoms with Gasteiger partial charge in [-0.1, -0.05) is 126 Å². The molecule has 0 bridgehead atoms. The molecule has 6 aromatic rings. The van der Waals surface area contributed by atoms with E-state index in [1.165, 1.54) is 59.9 Å². The topological polar surface area (TPSA) is 30.7 Å². The van der Waals surface area contributed by atoms with Gasteiger partial charge in [0.05, 0.1) is 26.8 Å². The van der Waals surface area contributed by atoms with Gasteiger partial charge in [-0.25, -0.2) is 9.97 Å². The first-order chi connectivity index (χ1) is 24.5. The van der Waals surface area contributed by atoms with Gasteiger partial charge < -0.3 is 4.57 Å². The lowest BCUT2D eigenvalue weighted by Gasteiger charge is -2.35. The van der Waals surface area contributed by atoms with Crippen molar-refractivity contribution in [1.29, 1.82) is 0 Å². The summed E-state index contributed by atoms with van der Waals surface area (Å²) >= 11 is 1.78. The minimum Gasteiger partial charge on any atom is -0.311 e. The molecule has 0 atom stereocenters. The second-order valence-electron chi connectivity index (χ2n) is 14.8. The largest absolute Gasteiger partial charge is 0.311 e. The lowest BCUT2D eigenvalue weighted by Crippen LogP contribution is -2.39. The van der Waals surface area contributed by atoms with Crippen molar-refractivity contribution in [3.05, 3.63) is 142 Å². The summed E-state index contributed by atoms with van der Waals surface area (Å²) in [6.07, 6.45) is 10.5. The molecular formula is C47H43N3S. The van der Waals surface area contributed by atoms with Gasteiger partial charge in [-0.3, -0.25) is 0 Å². The summed E-state index contributed by atoms with van der Waals surface area (Å²) in [5, 5.41) is 3.49. The second-order valence-corrected chi connectivity index (χ2v) is 15.8. The molecule has 4 heterocycles. The van der Waals surface area contributed by atoms with Crippen LogP contribution in [0.1, 0.15) is 75.9 Å². The highest BCUT2D eigenvalue weighted by Gasteiger charge is 2.36. The molecule has 0 saturated heterocycles. The van der Waals surface area contributed by atoms with E-state index in [-0.39, 0.29) is 10.8 Å². The van der Waals surface area contributed by atoms with Crippen molar-refractivity contribution >= 4 is 67.5 Å². The van der Waals surface area contributed by atoms with Gasteiger partial charge in [0, 0.05) is 43.1 Å².